The zero-order valence-corrected chi connectivity index (χ0v) is 32.3. The van der Waals surface area contributed by atoms with Crippen LogP contribution in [0.4, 0.5) is 0 Å². The van der Waals surface area contributed by atoms with Gasteiger partial charge in [0.1, 0.15) is 5.60 Å². The Kier molecular flexibility index (Phi) is 11.7. The molecule has 0 aliphatic heterocycles. The van der Waals surface area contributed by atoms with E-state index < -0.39 is 50.4 Å². The lowest BCUT2D eigenvalue weighted by atomic mass is 9.41. The van der Waals surface area contributed by atoms with Gasteiger partial charge in [0.2, 0.25) is 0 Å². The lowest BCUT2D eigenvalue weighted by molar-refractivity contribution is -0.245. The molecular formula is C39H68O7. The predicted octanol–water partition coefficient (Wildman–Crippen LogP) is 8.49. The minimum atomic E-state index is -1.34. The molecule has 2 rings (SSSR count). The molecule has 9 atom stereocenters. The number of carboxylic acid groups (broad SMARTS) is 1. The van der Waals surface area contributed by atoms with Crippen LogP contribution >= 0.6 is 0 Å². The van der Waals surface area contributed by atoms with Crippen molar-refractivity contribution < 1.29 is 34.0 Å². The van der Waals surface area contributed by atoms with E-state index in [1.807, 2.05) is 27.7 Å². The monoisotopic (exact) mass is 648 g/mol. The topological polar surface area (TPSA) is 102 Å². The minimum absolute atomic E-state index is 0.0772. The molecule has 0 aromatic rings. The average Bonchev–Trinajstić information content (AvgIpc) is 2.92. The number of carbonyl (C=O) groups excluding carboxylic acids is 1. The van der Waals surface area contributed by atoms with Crippen LogP contribution in [0.1, 0.15) is 123 Å². The second kappa shape index (κ2) is 13.3. The number of hydrogen-bond acceptors (Lipinski definition) is 6. The lowest BCUT2D eigenvalue weighted by Crippen LogP contribution is -2.69. The number of rotatable bonds is 14. The normalized spacial score (nSPS) is 32.1. The summed E-state index contributed by atoms with van der Waals surface area (Å²) < 4.78 is 19.0. The molecular weight excluding hydrogens is 580 g/mol. The van der Waals surface area contributed by atoms with Gasteiger partial charge in [-0.3, -0.25) is 9.59 Å². The molecule has 0 heterocycles. The van der Waals surface area contributed by atoms with Crippen LogP contribution in [0, 0.1) is 51.2 Å². The number of allylic oxidation sites excluding steroid dienone is 2. The number of methoxy groups -OCH3 is 2. The third-order valence-electron chi connectivity index (χ3n) is 13.6. The lowest BCUT2D eigenvalue weighted by Gasteiger charge is -2.66. The molecule has 0 saturated carbocycles. The highest BCUT2D eigenvalue weighted by Crippen LogP contribution is 2.67. The highest BCUT2D eigenvalue weighted by atomic mass is 16.6. The van der Waals surface area contributed by atoms with Crippen LogP contribution in [0.15, 0.2) is 23.8 Å². The summed E-state index contributed by atoms with van der Waals surface area (Å²) in [5, 5.41) is 22.5. The Morgan fingerprint density at radius 1 is 1.00 bits per heavy atom. The molecule has 0 amide bonds. The van der Waals surface area contributed by atoms with Gasteiger partial charge in [-0.2, -0.15) is 0 Å². The summed E-state index contributed by atoms with van der Waals surface area (Å²) in [5.74, 6) is -1.86. The molecule has 0 fully saturated rings. The molecule has 7 heteroatoms. The summed E-state index contributed by atoms with van der Waals surface area (Å²) in [7, 11) is 3.23. The van der Waals surface area contributed by atoms with Crippen molar-refractivity contribution in [3.63, 3.8) is 0 Å². The number of carboxylic acids is 1. The number of ether oxygens (including phenoxy) is 3. The van der Waals surface area contributed by atoms with Crippen molar-refractivity contribution in [3.8, 4) is 0 Å². The second-order valence-electron chi connectivity index (χ2n) is 17.5. The molecule has 1 unspecified atom stereocenters. The maximum atomic E-state index is 14.1. The van der Waals surface area contributed by atoms with Crippen LogP contribution in [0.2, 0.25) is 0 Å². The van der Waals surface area contributed by atoms with E-state index in [9.17, 15) is 19.8 Å². The van der Waals surface area contributed by atoms with E-state index >= 15 is 0 Å². The molecule has 0 spiro atoms. The van der Waals surface area contributed by atoms with Crippen molar-refractivity contribution in [1.29, 1.82) is 0 Å². The van der Waals surface area contributed by atoms with Gasteiger partial charge in [-0.05, 0) is 75.7 Å². The van der Waals surface area contributed by atoms with Crippen LogP contribution < -0.4 is 0 Å². The molecule has 0 radical (unpaired) electrons. The number of esters is 1. The van der Waals surface area contributed by atoms with E-state index in [1.165, 1.54) is 7.11 Å². The van der Waals surface area contributed by atoms with Crippen molar-refractivity contribution in [2.24, 2.45) is 51.2 Å². The van der Waals surface area contributed by atoms with E-state index in [-0.39, 0.29) is 29.8 Å². The quantitative estimate of drug-likeness (QED) is 0.182. The SMILES string of the molecule is CC[C@@H](CC(C)C)C(=O)O[C@@]1(C)C(C)(C)[C@@H](OC)C=C2C=C[C@H](C)[C@H](C(C)(C)C[C@@](C)(O)C(C)(C)[C@@](C)(OC)C(C)C(=O)O)[C@]21C. The second-order valence-corrected chi connectivity index (χ2v) is 17.5. The van der Waals surface area contributed by atoms with Gasteiger partial charge in [-0.25, -0.2) is 0 Å². The first-order valence-corrected chi connectivity index (χ1v) is 17.4. The fourth-order valence-electron chi connectivity index (χ4n) is 9.70. The summed E-state index contributed by atoms with van der Waals surface area (Å²) in [6, 6.07) is 0. The van der Waals surface area contributed by atoms with Crippen molar-refractivity contribution in [3.05, 3.63) is 23.8 Å². The molecule has 0 aromatic heterocycles. The van der Waals surface area contributed by atoms with Gasteiger partial charge in [0.05, 0.1) is 29.1 Å². The van der Waals surface area contributed by atoms with Crippen molar-refractivity contribution in [1.82, 2.24) is 0 Å². The number of hydrogen-bond donors (Lipinski definition) is 2. The van der Waals surface area contributed by atoms with Crippen LogP contribution in [0.25, 0.3) is 0 Å². The van der Waals surface area contributed by atoms with Gasteiger partial charge in [0.25, 0.3) is 0 Å². The molecule has 7 nitrogen and oxygen atoms in total. The largest absolute Gasteiger partial charge is 0.481 e. The van der Waals surface area contributed by atoms with Gasteiger partial charge in [-0.15, -0.1) is 0 Å². The average molecular weight is 649 g/mol. The Balaban J connectivity index is 2.82. The minimum Gasteiger partial charge on any atom is -0.481 e. The van der Waals surface area contributed by atoms with E-state index in [0.29, 0.717) is 18.8 Å². The molecule has 0 bridgehead atoms. The Morgan fingerprint density at radius 2 is 1.54 bits per heavy atom. The maximum Gasteiger partial charge on any atom is 0.309 e. The molecule has 0 saturated heterocycles. The van der Waals surface area contributed by atoms with Crippen LogP contribution in [-0.4, -0.2) is 59.3 Å². The Bertz CT molecular complexity index is 1180. The predicted molar refractivity (Wildman–Crippen MR) is 185 cm³/mol. The van der Waals surface area contributed by atoms with E-state index in [0.717, 1.165) is 12.0 Å². The first-order valence-electron chi connectivity index (χ1n) is 17.4. The number of aliphatic carboxylic acids is 1. The zero-order chi connectivity index (χ0) is 36.1. The molecule has 266 valence electrons. The molecule has 0 aromatic carbocycles. The van der Waals surface area contributed by atoms with Crippen LogP contribution in [-0.2, 0) is 23.8 Å². The third-order valence-corrected chi connectivity index (χ3v) is 13.6. The maximum absolute atomic E-state index is 14.1. The first kappa shape index (κ1) is 40.5. The Labute approximate surface area is 280 Å². The van der Waals surface area contributed by atoms with Gasteiger partial charge in [0, 0.05) is 30.5 Å². The number of fused-ring (bicyclic) bond motifs is 1. The van der Waals surface area contributed by atoms with Crippen molar-refractivity contribution in [2.75, 3.05) is 14.2 Å². The van der Waals surface area contributed by atoms with E-state index in [1.54, 1.807) is 21.0 Å². The van der Waals surface area contributed by atoms with Gasteiger partial charge in [-0.1, -0.05) is 94.4 Å². The molecule has 46 heavy (non-hydrogen) atoms. The highest BCUT2D eigenvalue weighted by molar-refractivity contribution is 5.73. The van der Waals surface area contributed by atoms with Crippen LogP contribution in [0.3, 0.4) is 0 Å². The fraction of sp³-hybridized carbons (Fsp3) is 0.846. The van der Waals surface area contributed by atoms with Gasteiger partial charge >= 0.3 is 11.9 Å². The summed E-state index contributed by atoms with van der Waals surface area (Å²) in [6.45, 7) is 30.6. The van der Waals surface area contributed by atoms with Crippen molar-refractivity contribution in [2.45, 2.75) is 146 Å². The molecule has 2 aliphatic carbocycles. The smallest absolute Gasteiger partial charge is 0.309 e. The molecule has 2 aliphatic rings. The first-order chi connectivity index (χ1) is 20.7. The third kappa shape index (κ3) is 6.27. The number of carbonyl (C=O) groups is 2. The summed E-state index contributed by atoms with van der Waals surface area (Å²) in [6.07, 6.45) is 8.13. The molecule has 2 N–H and O–H groups in total. The number of aliphatic hydroxyl groups is 1. The summed E-state index contributed by atoms with van der Waals surface area (Å²) in [4.78, 5) is 26.4. The Hall–Kier alpha value is -1.70. The van der Waals surface area contributed by atoms with E-state index in [2.05, 4.69) is 80.5 Å². The summed E-state index contributed by atoms with van der Waals surface area (Å²) >= 11 is 0. The van der Waals surface area contributed by atoms with Gasteiger partial charge in [0.15, 0.2) is 0 Å². The Morgan fingerprint density at radius 3 is 1.98 bits per heavy atom. The van der Waals surface area contributed by atoms with Gasteiger partial charge < -0.3 is 24.4 Å². The van der Waals surface area contributed by atoms with E-state index in [4.69, 9.17) is 14.2 Å². The van der Waals surface area contributed by atoms with Crippen LogP contribution in [0.5, 0.6) is 0 Å². The standard InChI is InChI=1S/C39H68O7/c1-18-27(21-24(2)3)32(42)46-39(15)34(8,9)29(44-16)22-28-20-19-25(4)30(37(28,39)13)33(6,7)23-36(12,43)35(10,11)38(14,45-17)26(5)31(40)41/h19-20,22,24-27,29-30,43H,18,21,23H2,1-17H3,(H,40,41)/t25-,26?,27-,29-,30+,36+,37-,38-,39-/m0/s1. The summed E-state index contributed by atoms with van der Waals surface area (Å²) in [5.41, 5.74) is -5.17. The van der Waals surface area contributed by atoms with Crippen molar-refractivity contribution >= 4 is 11.9 Å². The zero-order valence-electron chi connectivity index (χ0n) is 32.3. The highest BCUT2D eigenvalue weighted by Gasteiger charge is 2.69. The fourth-order valence-corrected chi connectivity index (χ4v) is 9.70.